The molecule has 0 spiro atoms. The van der Waals surface area contributed by atoms with Gasteiger partial charge < -0.3 is 10.4 Å². The zero-order valence-corrected chi connectivity index (χ0v) is 17.3. The van der Waals surface area contributed by atoms with Gasteiger partial charge in [-0.1, -0.05) is 78.4 Å². The van der Waals surface area contributed by atoms with Gasteiger partial charge in [0.1, 0.15) is 5.69 Å². The van der Waals surface area contributed by atoms with E-state index >= 15 is 0 Å². The zero-order valence-electron chi connectivity index (χ0n) is 17.3. The number of carbonyl (C=O) groups excluding carboxylic acids is 1. The quantitative estimate of drug-likeness (QED) is 0.486. The number of carbonyl (C=O) groups is 1. The number of aliphatic hydroxyl groups is 1. The van der Waals surface area contributed by atoms with Crippen molar-refractivity contribution in [3.8, 4) is 5.69 Å². The first kappa shape index (κ1) is 20.5. The number of aliphatic hydroxyl groups excluding tert-OH is 1. The van der Waals surface area contributed by atoms with Crippen LogP contribution in [-0.2, 0) is 6.61 Å². The fourth-order valence-electron chi connectivity index (χ4n) is 3.49. The fraction of sp³-hybridized carbons (Fsp3) is 0.160. The number of benzene rings is 3. The van der Waals surface area contributed by atoms with E-state index in [2.05, 4.69) is 39.8 Å². The second kappa shape index (κ2) is 9.36. The molecule has 0 bridgehead atoms. The summed E-state index contributed by atoms with van der Waals surface area (Å²) in [6, 6.07) is 27.8. The Morgan fingerprint density at radius 3 is 2.03 bits per heavy atom. The van der Waals surface area contributed by atoms with Gasteiger partial charge in [-0.25, -0.2) is 0 Å². The standard InChI is InChI=1S/C25H24N4O2/c1-18-12-14-21(15-13-18)29-27-23(17-30)24(28-29)25(31)26-16-22(19-8-4-2-5-9-19)20-10-6-3-7-11-20/h2-15,22,30H,16-17H2,1H3,(H,26,31). The molecule has 1 aromatic heterocycles. The minimum atomic E-state index is -0.366. The SMILES string of the molecule is Cc1ccc(-n2nc(CO)c(C(=O)NCC(c3ccccc3)c3ccccc3)n2)cc1. The monoisotopic (exact) mass is 412 g/mol. The highest BCUT2D eigenvalue weighted by molar-refractivity contribution is 5.93. The molecule has 0 atom stereocenters. The van der Waals surface area contributed by atoms with Crippen molar-refractivity contribution < 1.29 is 9.90 Å². The first-order chi connectivity index (χ1) is 15.2. The van der Waals surface area contributed by atoms with E-state index in [1.54, 1.807) is 0 Å². The molecule has 4 rings (SSSR count). The third-order valence-corrected chi connectivity index (χ3v) is 5.18. The van der Waals surface area contributed by atoms with Crippen molar-refractivity contribution in [3.63, 3.8) is 0 Å². The van der Waals surface area contributed by atoms with E-state index in [0.29, 0.717) is 6.54 Å². The lowest BCUT2D eigenvalue weighted by Crippen LogP contribution is -2.30. The number of hydrogen-bond acceptors (Lipinski definition) is 4. The second-order valence-corrected chi connectivity index (χ2v) is 7.36. The van der Waals surface area contributed by atoms with Crippen molar-refractivity contribution in [3.05, 3.63) is 113 Å². The van der Waals surface area contributed by atoms with E-state index in [1.807, 2.05) is 67.6 Å². The minimum Gasteiger partial charge on any atom is -0.390 e. The predicted molar refractivity (Wildman–Crippen MR) is 119 cm³/mol. The van der Waals surface area contributed by atoms with Crippen LogP contribution >= 0.6 is 0 Å². The Morgan fingerprint density at radius 2 is 1.48 bits per heavy atom. The lowest BCUT2D eigenvalue weighted by Gasteiger charge is -2.18. The molecule has 156 valence electrons. The smallest absolute Gasteiger partial charge is 0.273 e. The highest BCUT2D eigenvalue weighted by Gasteiger charge is 2.21. The van der Waals surface area contributed by atoms with Gasteiger partial charge in [0.05, 0.1) is 12.3 Å². The van der Waals surface area contributed by atoms with Crippen molar-refractivity contribution in [2.45, 2.75) is 19.4 Å². The number of aryl methyl sites for hydroxylation is 1. The molecule has 0 unspecified atom stereocenters. The second-order valence-electron chi connectivity index (χ2n) is 7.36. The Kier molecular flexibility index (Phi) is 6.19. The zero-order chi connectivity index (χ0) is 21.6. The van der Waals surface area contributed by atoms with Gasteiger partial charge in [-0.2, -0.15) is 4.80 Å². The highest BCUT2D eigenvalue weighted by Crippen LogP contribution is 2.24. The van der Waals surface area contributed by atoms with Crippen molar-refractivity contribution in [2.75, 3.05) is 6.54 Å². The molecule has 0 aliphatic heterocycles. The minimum absolute atomic E-state index is 0.00364. The first-order valence-electron chi connectivity index (χ1n) is 10.2. The summed E-state index contributed by atoms with van der Waals surface area (Å²) in [7, 11) is 0. The Labute approximate surface area is 181 Å². The van der Waals surface area contributed by atoms with Gasteiger partial charge in [-0.15, -0.1) is 10.2 Å². The maximum atomic E-state index is 13.0. The fourth-order valence-corrected chi connectivity index (χ4v) is 3.49. The Bertz CT molecular complexity index is 1100. The first-order valence-corrected chi connectivity index (χ1v) is 10.2. The molecule has 4 aromatic rings. The number of amides is 1. The van der Waals surface area contributed by atoms with Crippen LogP contribution in [0.5, 0.6) is 0 Å². The molecule has 2 N–H and O–H groups in total. The van der Waals surface area contributed by atoms with Crippen LogP contribution in [0.15, 0.2) is 84.9 Å². The van der Waals surface area contributed by atoms with Gasteiger partial charge in [-0.3, -0.25) is 4.79 Å². The van der Waals surface area contributed by atoms with Crippen molar-refractivity contribution in [1.29, 1.82) is 0 Å². The van der Waals surface area contributed by atoms with Crippen LogP contribution in [-0.4, -0.2) is 32.6 Å². The molecular formula is C25H24N4O2. The van der Waals surface area contributed by atoms with Crippen LogP contribution < -0.4 is 5.32 Å². The molecule has 1 heterocycles. The molecular weight excluding hydrogens is 388 g/mol. The summed E-state index contributed by atoms with van der Waals surface area (Å²) in [4.78, 5) is 14.3. The van der Waals surface area contributed by atoms with E-state index in [1.165, 1.54) is 4.80 Å². The largest absolute Gasteiger partial charge is 0.390 e. The van der Waals surface area contributed by atoms with Crippen molar-refractivity contribution in [2.24, 2.45) is 0 Å². The normalized spacial score (nSPS) is 10.9. The van der Waals surface area contributed by atoms with Crippen molar-refractivity contribution >= 4 is 5.91 Å². The maximum absolute atomic E-state index is 13.0. The third kappa shape index (κ3) is 4.70. The van der Waals surface area contributed by atoms with E-state index in [-0.39, 0.29) is 29.8 Å². The highest BCUT2D eigenvalue weighted by atomic mass is 16.3. The topological polar surface area (TPSA) is 80.0 Å². The molecule has 6 nitrogen and oxygen atoms in total. The average molecular weight is 412 g/mol. The summed E-state index contributed by atoms with van der Waals surface area (Å²) in [5, 5.41) is 21.3. The maximum Gasteiger partial charge on any atom is 0.273 e. The number of hydrogen-bond donors (Lipinski definition) is 2. The van der Waals surface area contributed by atoms with Gasteiger partial charge in [0.2, 0.25) is 0 Å². The van der Waals surface area contributed by atoms with Gasteiger partial charge >= 0.3 is 0 Å². The van der Waals surface area contributed by atoms with E-state index in [9.17, 15) is 9.90 Å². The summed E-state index contributed by atoms with van der Waals surface area (Å²) >= 11 is 0. The van der Waals surface area contributed by atoms with Crippen LogP contribution in [0.25, 0.3) is 5.69 Å². The number of aromatic nitrogens is 3. The van der Waals surface area contributed by atoms with Crippen LogP contribution in [0.3, 0.4) is 0 Å². The molecule has 0 saturated carbocycles. The van der Waals surface area contributed by atoms with E-state index in [0.717, 1.165) is 22.4 Å². The molecule has 1 amide bonds. The molecule has 0 saturated heterocycles. The molecule has 31 heavy (non-hydrogen) atoms. The summed E-state index contributed by atoms with van der Waals surface area (Å²) in [5.41, 5.74) is 4.44. The van der Waals surface area contributed by atoms with E-state index in [4.69, 9.17) is 0 Å². The average Bonchev–Trinajstić information content (AvgIpc) is 3.26. The predicted octanol–water partition coefficient (Wildman–Crippen LogP) is 3.63. The Morgan fingerprint density at radius 1 is 0.903 bits per heavy atom. The summed E-state index contributed by atoms with van der Waals surface area (Å²) in [6.45, 7) is 2.03. The molecule has 0 radical (unpaired) electrons. The Hall–Kier alpha value is -3.77. The number of nitrogens with one attached hydrogen (secondary N) is 1. The molecule has 0 aliphatic rings. The molecule has 6 heteroatoms. The number of nitrogens with zero attached hydrogens (tertiary/aromatic N) is 3. The van der Waals surface area contributed by atoms with E-state index < -0.39 is 0 Å². The van der Waals surface area contributed by atoms with Gasteiger partial charge in [0, 0.05) is 12.5 Å². The Balaban J connectivity index is 1.56. The molecule has 0 aliphatic carbocycles. The third-order valence-electron chi connectivity index (χ3n) is 5.18. The van der Waals surface area contributed by atoms with Crippen molar-refractivity contribution in [1.82, 2.24) is 20.3 Å². The van der Waals surface area contributed by atoms with Crippen LogP contribution in [0.4, 0.5) is 0 Å². The van der Waals surface area contributed by atoms with Gasteiger partial charge in [0.25, 0.3) is 5.91 Å². The lowest BCUT2D eigenvalue weighted by molar-refractivity contribution is 0.0944. The van der Waals surface area contributed by atoms with Crippen LogP contribution in [0.1, 0.15) is 38.8 Å². The number of rotatable bonds is 7. The van der Waals surface area contributed by atoms with Crippen LogP contribution in [0, 0.1) is 6.92 Å². The summed E-state index contributed by atoms with van der Waals surface area (Å²) < 4.78 is 0. The lowest BCUT2D eigenvalue weighted by atomic mass is 9.91. The summed E-state index contributed by atoms with van der Waals surface area (Å²) in [5.74, 6) is -0.365. The van der Waals surface area contributed by atoms with Gasteiger partial charge in [-0.05, 0) is 30.2 Å². The van der Waals surface area contributed by atoms with Crippen LogP contribution in [0.2, 0.25) is 0 Å². The molecule has 0 fully saturated rings. The summed E-state index contributed by atoms with van der Waals surface area (Å²) in [6.07, 6.45) is 0. The van der Waals surface area contributed by atoms with Gasteiger partial charge in [0.15, 0.2) is 5.69 Å². The molecule has 3 aromatic carbocycles.